The monoisotopic (exact) mass is 324 g/mol. The molecule has 0 saturated carbocycles. The van der Waals surface area contributed by atoms with Gasteiger partial charge in [-0.3, -0.25) is 11.3 Å². The van der Waals surface area contributed by atoms with Crippen LogP contribution in [0.5, 0.6) is 5.75 Å². The van der Waals surface area contributed by atoms with E-state index in [0.717, 1.165) is 11.3 Å². The van der Waals surface area contributed by atoms with Gasteiger partial charge in [-0.2, -0.15) is 0 Å². The molecule has 0 aromatic heterocycles. The average molecular weight is 325 g/mol. The van der Waals surface area contributed by atoms with Crippen molar-refractivity contribution in [3.8, 4) is 5.75 Å². The van der Waals surface area contributed by atoms with E-state index in [2.05, 4.69) is 5.43 Å². The van der Waals surface area contributed by atoms with Gasteiger partial charge in [0.2, 0.25) is 0 Å². The molecule has 0 saturated heterocycles. The Balaban J connectivity index is 1.98. The number of ether oxygens (including phenoxy) is 1. The normalized spacial score (nSPS) is 12.2. The van der Waals surface area contributed by atoms with Crippen LogP contribution in [0.4, 0.5) is 0 Å². The number of benzene rings is 2. The van der Waals surface area contributed by atoms with E-state index in [1.54, 1.807) is 12.1 Å². The minimum atomic E-state index is -0.110. The van der Waals surface area contributed by atoms with Gasteiger partial charge in [0.25, 0.3) is 0 Å². The molecular formula is C16H18Cl2N2O. The Kier molecular flexibility index (Phi) is 5.88. The molecule has 0 bridgehead atoms. The van der Waals surface area contributed by atoms with Crippen molar-refractivity contribution in [2.75, 3.05) is 6.61 Å². The van der Waals surface area contributed by atoms with Crippen molar-refractivity contribution in [1.82, 2.24) is 5.43 Å². The standard InChI is InChI=1S/C16H18Cl2N2O/c1-11-3-2-4-13(9-11)21-8-7-16(20-19)14-10-12(17)5-6-15(14)18/h2-6,9-10,16,20H,7-8,19H2,1H3. The lowest BCUT2D eigenvalue weighted by Crippen LogP contribution is -2.29. The van der Waals surface area contributed by atoms with Gasteiger partial charge in [0, 0.05) is 16.5 Å². The molecule has 3 N–H and O–H groups in total. The molecule has 5 heteroatoms. The Hall–Kier alpha value is -1.26. The van der Waals surface area contributed by atoms with Gasteiger partial charge in [-0.1, -0.05) is 35.3 Å². The Morgan fingerprint density at radius 2 is 2.00 bits per heavy atom. The van der Waals surface area contributed by atoms with Gasteiger partial charge in [-0.25, -0.2) is 0 Å². The highest BCUT2D eigenvalue weighted by atomic mass is 35.5. The third-order valence-electron chi connectivity index (χ3n) is 3.20. The van der Waals surface area contributed by atoms with Crippen molar-refractivity contribution in [2.45, 2.75) is 19.4 Å². The molecule has 0 aliphatic carbocycles. The van der Waals surface area contributed by atoms with Crippen LogP contribution >= 0.6 is 23.2 Å². The fraction of sp³-hybridized carbons (Fsp3) is 0.250. The molecule has 2 rings (SSSR count). The SMILES string of the molecule is Cc1cccc(OCCC(NN)c2cc(Cl)ccc2Cl)c1. The van der Waals surface area contributed by atoms with E-state index in [0.29, 0.717) is 23.1 Å². The highest BCUT2D eigenvalue weighted by Crippen LogP contribution is 2.28. The quantitative estimate of drug-likeness (QED) is 0.616. The highest BCUT2D eigenvalue weighted by Gasteiger charge is 2.14. The Morgan fingerprint density at radius 1 is 1.19 bits per heavy atom. The maximum absolute atomic E-state index is 6.19. The summed E-state index contributed by atoms with van der Waals surface area (Å²) < 4.78 is 5.74. The van der Waals surface area contributed by atoms with Crippen molar-refractivity contribution in [3.63, 3.8) is 0 Å². The third kappa shape index (κ3) is 4.61. The first-order valence-corrected chi connectivity index (χ1v) is 7.46. The van der Waals surface area contributed by atoms with Crippen molar-refractivity contribution in [1.29, 1.82) is 0 Å². The predicted octanol–water partition coefficient (Wildman–Crippen LogP) is 4.28. The number of nitrogens with two attached hydrogens (primary N) is 1. The molecule has 2 aromatic carbocycles. The van der Waals surface area contributed by atoms with Gasteiger partial charge in [0.05, 0.1) is 12.6 Å². The summed E-state index contributed by atoms with van der Waals surface area (Å²) in [5.74, 6) is 6.47. The minimum Gasteiger partial charge on any atom is -0.494 e. The Morgan fingerprint density at radius 3 is 2.71 bits per heavy atom. The molecule has 0 aliphatic rings. The lowest BCUT2D eigenvalue weighted by Gasteiger charge is -2.18. The lowest BCUT2D eigenvalue weighted by molar-refractivity contribution is 0.287. The van der Waals surface area contributed by atoms with Crippen molar-refractivity contribution in [2.24, 2.45) is 5.84 Å². The maximum atomic E-state index is 6.19. The van der Waals surface area contributed by atoms with E-state index >= 15 is 0 Å². The van der Waals surface area contributed by atoms with Crippen LogP contribution in [0, 0.1) is 6.92 Å². The first-order valence-electron chi connectivity index (χ1n) is 6.70. The zero-order valence-electron chi connectivity index (χ0n) is 11.8. The second-order valence-electron chi connectivity index (χ2n) is 4.84. The maximum Gasteiger partial charge on any atom is 0.119 e. The van der Waals surface area contributed by atoms with Crippen LogP contribution in [-0.4, -0.2) is 6.61 Å². The van der Waals surface area contributed by atoms with E-state index in [4.69, 9.17) is 33.8 Å². The number of halogens is 2. The number of aryl methyl sites for hydroxylation is 1. The molecule has 0 aliphatic heterocycles. The summed E-state index contributed by atoms with van der Waals surface area (Å²) in [7, 11) is 0. The summed E-state index contributed by atoms with van der Waals surface area (Å²) in [5.41, 5.74) is 4.80. The van der Waals surface area contributed by atoms with Crippen molar-refractivity contribution < 1.29 is 4.74 Å². The Bertz CT molecular complexity index is 605. The highest BCUT2D eigenvalue weighted by molar-refractivity contribution is 6.33. The van der Waals surface area contributed by atoms with E-state index < -0.39 is 0 Å². The minimum absolute atomic E-state index is 0.110. The van der Waals surface area contributed by atoms with Crippen molar-refractivity contribution >= 4 is 23.2 Å². The van der Waals surface area contributed by atoms with Gasteiger partial charge in [0.1, 0.15) is 5.75 Å². The van der Waals surface area contributed by atoms with E-state index in [1.165, 1.54) is 5.56 Å². The fourth-order valence-electron chi connectivity index (χ4n) is 2.11. The number of nitrogens with one attached hydrogen (secondary N) is 1. The molecule has 0 spiro atoms. The summed E-state index contributed by atoms with van der Waals surface area (Å²) in [6.07, 6.45) is 0.685. The lowest BCUT2D eigenvalue weighted by atomic mass is 10.0. The number of rotatable bonds is 6. The molecule has 112 valence electrons. The van der Waals surface area contributed by atoms with Gasteiger partial charge < -0.3 is 4.74 Å². The summed E-state index contributed by atoms with van der Waals surface area (Å²) in [4.78, 5) is 0. The van der Waals surface area contributed by atoms with E-state index in [9.17, 15) is 0 Å². The number of hydrazine groups is 1. The largest absolute Gasteiger partial charge is 0.494 e. The first-order chi connectivity index (χ1) is 10.1. The molecular weight excluding hydrogens is 307 g/mol. The van der Waals surface area contributed by atoms with Crippen LogP contribution in [0.15, 0.2) is 42.5 Å². The smallest absolute Gasteiger partial charge is 0.119 e. The van der Waals surface area contributed by atoms with Gasteiger partial charge in [-0.15, -0.1) is 0 Å². The molecule has 1 atom stereocenters. The third-order valence-corrected chi connectivity index (χ3v) is 3.78. The molecule has 21 heavy (non-hydrogen) atoms. The molecule has 3 nitrogen and oxygen atoms in total. The number of hydrogen-bond donors (Lipinski definition) is 2. The number of hydrogen-bond acceptors (Lipinski definition) is 3. The van der Waals surface area contributed by atoms with Gasteiger partial charge in [0.15, 0.2) is 0 Å². The molecule has 0 radical (unpaired) electrons. The van der Waals surface area contributed by atoms with Crippen LogP contribution in [0.3, 0.4) is 0 Å². The van der Waals surface area contributed by atoms with E-state index in [1.807, 2.05) is 37.3 Å². The molecule has 0 fully saturated rings. The topological polar surface area (TPSA) is 47.3 Å². The summed E-state index contributed by atoms with van der Waals surface area (Å²) in [6, 6.07) is 13.2. The first kappa shape index (κ1) is 16.1. The summed E-state index contributed by atoms with van der Waals surface area (Å²) >= 11 is 12.2. The summed E-state index contributed by atoms with van der Waals surface area (Å²) in [6.45, 7) is 2.56. The van der Waals surface area contributed by atoms with Gasteiger partial charge >= 0.3 is 0 Å². The van der Waals surface area contributed by atoms with Crippen LogP contribution in [0.25, 0.3) is 0 Å². The Labute approximate surface area is 135 Å². The molecule has 0 heterocycles. The van der Waals surface area contributed by atoms with Gasteiger partial charge in [-0.05, 0) is 48.4 Å². The van der Waals surface area contributed by atoms with Crippen molar-refractivity contribution in [3.05, 3.63) is 63.6 Å². The average Bonchev–Trinajstić information content (AvgIpc) is 2.47. The van der Waals surface area contributed by atoms with Crippen LogP contribution in [0.1, 0.15) is 23.6 Å². The van der Waals surface area contributed by atoms with Crippen LogP contribution in [-0.2, 0) is 0 Å². The molecule has 0 amide bonds. The summed E-state index contributed by atoms with van der Waals surface area (Å²) in [5, 5.41) is 1.27. The fourth-order valence-corrected chi connectivity index (χ4v) is 2.54. The van der Waals surface area contributed by atoms with Crippen LogP contribution in [0.2, 0.25) is 10.0 Å². The zero-order chi connectivity index (χ0) is 15.2. The second-order valence-corrected chi connectivity index (χ2v) is 5.68. The second kappa shape index (κ2) is 7.66. The predicted molar refractivity (Wildman–Crippen MR) is 87.8 cm³/mol. The molecule has 1 unspecified atom stereocenters. The van der Waals surface area contributed by atoms with Crippen LogP contribution < -0.4 is 16.0 Å². The zero-order valence-corrected chi connectivity index (χ0v) is 13.3. The molecule has 2 aromatic rings. The van der Waals surface area contributed by atoms with E-state index in [-0.39, 0.29) is 6.04 Å².